The van der Waals surface area contributed by atoms with Gasteiger partial charge in [-0.1, -0.05) is 41.2 Å². The topological polar surface area (TPSA) is 70.2 Å². The van der Waals surface area contributed by atoms with E-state index in [1.54, 1.807) is 0 Å². The van der Waals surface area contributed by atoms with Crippen LogP contribution in [-0.2, 0) is 6.54 Å². The largest absolute Gasteiger partial charge is 0.335 e. The van der Waals surface area contributed by atoms with Crippen LogP contribution in [0.1, 0.15) is 29.0 Å². The molecule has 2 heterocycles. The lowest BCUT2D eigenvalue weighted by Gasteiger charge is -2.32. The molecule has 0 radical (unpaired) electrons. The third kappa shape index (κ3) is 4.75. The van der Waals surface area contributed by atoms with Crippen molar-refractivity contribution < 1.29 is 4.79 Å². The van der Waals surface area contributed by atoms with Gasteiger partial charge in [-0.15, -0.1) is 10.2 Å². The van der Waals surface area contributed by atoms with Gasteiger partial charge in [-0.2, -0.15) is 0 Å². The predicted octanol–water partition coefficient (Wildman–Crippen LogP) is 2.94. The number of hydrogen-bond acceptors (Lipinski definition) is 5. The fraction of sp³-hybridized carbons (Fsp3) is 0.471. The SMILES string of the molecule is Cc1cccc(CN2CCC(NC(=O)Nc3nnc(C)s3)CC2)c1. The third-order valence-corrected chi connectivity index (χ3v) is 4.91. The number of nitrogens with zero attached hydrogens (tertiary/aromatic N) is 3. The molecule has 24 heavy (non-hydrogen) atoms. The number of rotatable bonds is 4. The molecule has 2 N–H and O–H groups in total. The molecular formula is C17H23N5OS. The highest BCUT2D eigenvalue weighted by atomic mass is 32.1. The Kier molecular flexibility index (Phi) is 5.42. The molecule has 0 saturated carbocycles. The van der Waals surface area contributed by atoms with Crippen LogP contribution in [-0.4, -0.2) is 40.3 Å². The smallest absolute Gasteiger partial charge is 0.321 e. The summed E-state index contributed by atoms with van der Waals surface area (Å²) in [6.45, 7) is 6.96. The molecule has 2 amide bonds. The number of urea groups is 1. The van der Waals surface area contributed by atoms with Gasteiger partial charge in [-0.05, 0) is 32.3 Å². The maximum atomic E-state index is 12.0. The van der Waals surface area contributed by atoms with E-state index >= 15 is 0 Å². The molecule has 1 aromatic heterocycles. The Morgan fingerprint density at radius 3 is 2.75 bits per heavy atom. The van der Waals surface area contributed by atoms with E-state index in [1.807, 2.05) is 6.92 Å². The van der Waals surface area contributed by atoms with Crippen LogP contribution in [0.2, 0.25) is 0 Å². The fourth-order valence-electron chi connectivity index (χ4n) is 2.97. The van der Waals surface area contributed by atoms with Crippen LogP contribution in [0.15, 0.2) is 24.3 Å². The summed E-state index contributed by atoms with van der Waals surface area (Å²) in [5, 5.41) is 15.0. The van der Waals surface area contributed by atoms with E-state index in [2.05, 4.69) is 56.9 Å². The van der Waals surface area contributed by atoms with Crippen molar-refractivity contribution in [3.8, 4) is 0 Å². The van der Waals surface area contributed by atoms with Crippen LogP contribution in [0.5, 0.6) is 0 Å². The molecule has 128 valence electrons. The van der Waals surface area contributed by atoms with Crippen molar-refractivity contribution in [2.24, 2.45) is 0 Å². The normalized spacial score (nSPS) is 16.1. The van der Waals surface area contributed by atoms with E-state index in [0.717, 1.165) is 37.5 Å². The molecule has 1 aliphatic heterocycles. The molecule has 0 bridgehead atoms. The Labute approximate surface area is 146 Å². The van der Waals surface area contributed by atoms with Crippen LogP contribution in [0.3, 0.4) is 0 Å². The number of aryl methyl sites for hydroxylation is 2. The van der Waals surface area contributed by atoms with Crippen molar-refractivity contribution in [1.82, 2.24) is 20.4 Å². The van der Waals surface area contributed by atoms with Gasteiger partial charge in [0.05, 0.1) is 0 Å². The van der Waals surface area contributed by atoms with Crippen LogP contribution in [0.25, 0.3) is 0 Å². The maximum Gasteiger partial charge on any atom is 0.321 e. The van der Waals surface area contributed by atoms with E-state index in [9.17, 15) is 4.79 Å². The number of carbonyl (C=O) groups is 1. The minimum absolute atomic E-state index is 0.191. The van der Waals surface area contributed by atoms with E-state index in [-0.39, 0.29) is 12.1 Å². The second kappa shape index (κ2) is 7.72. The summed E-state index contributed by atoms with van der Waals surface area (Å²) >= 11 is 1.38. The second-order valence-corrected chi connectivity index (χ2v) is 7.45. The quantitative estimate of drug-likeness (QED) is 0.894. The molecule has 0 unspecified atom stereocenters. The number of carbonyl (C=O) groups excluding carboxylic acids is 1. The van der Waals surface area contributed by atoms with Gasteiger partial charge in [0.1, 0.15) is 5.01 Å². The molecule has 3 rings (SSSR count). The summed E-state index contributed by atoms with van der Waals surface area (Å²) in [4.78, 5) is 14.4. The highest BCUT2D eigenvalue weighted by molar-refractivity contribution is 7.15. The standard InChI is InChI=1S/C17H23N5OS/c1-12-4-3-5-14(10-12)11-22-8-6-15(7-9-22)18-16(23)19-17-21-20-13(2)24-17/h3-5,10,15H,6-9,11H2,1-2H3,(H2,18,19,21,23). The predicted molar refractivity (Wildman–Crippen MR) is 96.3 cm³/mol. The Bertz CT molecular complexity index is 694. The molecule has 0 aliphatic carbocycles. The molecule has 0 spiro atoms. The van der Waals surface area contributed by atoms with Crippen LogP contribution in [0.4, 0.5) is 9.93 Å². The lowest BCUT2D eigenvalue weighted by atomic mass is 10.0. The number of piperidine rings is 1. The molecule has 6 nitrogen and oxygen atoms in total. The second-order valence-electron chi connectivity index (χ2n) is 6.26. The van der Waals surface area contributed by atoms with Crippen LogP contribution < -0.4 is 10.6 Å². The van der Waals surface area contributed by atoms with E-state index in [4.69, 9.17) is 0 Å². The van der Waals surface area contributed by atoms with Crippen molar-refractivity contribution in [2.75, 3.05) is 18.4 Å². The maximum absolute atomic E-state index is 12.0. The van der Waals surface area contributed by atoms with Crippen molar-refractivity contribution in [3.63, 3.8) is 0 Å². The average molecular weight is 345 g/mol. The number of nitrogens with one attached hydrogen (secondary N) is 2. The minimum atomic E-state index is -0.191. The number of aromatic nitrogens is 2. The van der Waals surface area contributed by atoms with Gasteiger partial charge < -0.3 is 5.32 Å². The van der Waals surface area contributed by atoms with Crippen molar-refractivity contribution in [1.29, 1.82) is 0 Å². The summed E-state index contributed by atoms with van der Waals surface area (Å²) in [5.74, 6) is 0. The Morgan fingerprint density at radius 2 is 2.08 bits per heavy atom. The first-order valence-electron chi connectivity index (χ1n) is 8.24. The number of anilines is 1. The summed E-state index contributed by atoms with van der Waals surface area (Å²) in [7, 11) is 0. The molecular weight excluding hydrogens is 322 g/mol. The van der Waals surface area contributed by atoms with Crippen molar-refractivity contribution in [3.05, 3.63) is 40.4 Å². The number of hydrogen-bond donors (Lipinski definition) is 2. The zero-order valence-corrected chi connectivity index (χ0v) is 14.9. The monoisotopic (exact) mass is 345 g/mol. The first-order valence-corrected chi connectivity index (χ1v) is 9.05. The molecule has 2 aromatic rings. The fourth-order valence-corrected chi connectivity index (χ4v) is 3.56. The van der Waals surface area contributed by atoms with Gasteiger partial charge in [-0.3, -0.25) is 10.2 Å². The Morgan fingerprint density at radius 1 is 1.29 bits per heavy atom. The Hall–Kier alpha value is -1.99. The minimum Gasteiger partial charge on any atom is -0.335 e. The number of amides is 2. The summed E-state index contributed by atoms with van der Waals surface area (Å²) in [5.41, 5.74) is 2.65. The van der Waals surface area contributed by atoms with Gasteiger partial charge in [0.15, 0.2) is 0 Å². The summed E-state index contributed by atoms with van der Waals surface area (Å²) in [6.07, 6.45) is 1.93. The molecule has 0 atom stereocenters. The lowest BCUT2D eigenvalue weighted by Crippen LogP contribution is -2.45. The lowest BCUT2D eigenvalue weighted by molar-refractivity contribution is 0.190. The van der Waals surface area contributed by atoms with E-state index < -0.39 is 0 Å². The molecule has 1 aromatic carbocycles. The molecule has 7 heteroatoms. The summed E-state index contributed by atoms with van der Waals surface area (Å²) in [6, 6.07) is 8.67. The highest BCUT2D eigenvalue weighted by Gasteiger charge is 2.21. The van der Waals surface area contributed by atoms with E-state index in [1.165, 1.54) is 22.5 Å². The highest BCUT2D eigenvalue weighted by Crippen LogP contribution is 2.16. The number of likely N-dealkylation sites (tertiary alicyclic amines) is 1. The number of benzene rings is 1. The zero-order valence-electron chi connectivity index (χ0n) is 14.1. The zero-order chi connectivity index (χ0) is 16.9. The summed E-state index contributed by atoms with van der Waals surface area (Å²) < 4.78 is 0. The van der Waals surface area contributed by atoms with E-state index in [0.29, 0.717) is 5.13 Å². The first-order chi connectivity index (χ1) is 11.6. The molecule has 1 saturated heterocycles. The average Bonchev–Trinajstić information content (AvgIpc) is 2.94. The van der Waals surface area contributed by atoms with Gasteiger partial charge in [0, 0.05) is 25.7 Å². The van der Waals surface area contributed by atoms with Gasteiger partial charge >= 0.3 is 6.03 Å². The molecule has 1 fully saturated rings. The van der Waals surface area contributed by atoms with Gasteiger partial charge in [0.2, 0.25) is 5.13 Å². The van der Waals surface area contributed by atoms with Crippen molar-refractivity contribution >= 4 is 22.5 Å². The van der Waals surface area contributed by atoms with Gasteiger partial charge in [-0.25, -0.2) is 4.79 Å². The molecule has 1 aliphatic rings. The Balaban J connectivity index is 1.42. The van der Waals surface area contributed by atoms with Gasteiger partial charge in [0.25, 0.3) is 0 Å². The van der Waals surface area contributed by atoms with Crippen molar-refractivity contribution in [2.45, 2.75) is 39.3 Å². The van der Waals surface area contributed by atoms with Crippen LogP contribution >= 0.6 is 11.3 Å². The van der Waals surface area contributed by atoms with Crippen LogP contribution in [0, 0.1) is 13.8 Å². The third-order valence-electron chi connectivity index (χ3n) is 4.16. The first kappa shape index (κ1) is 16.9.